The van der Waals surface area contributed by atoms with Crippen molar-refractivity contribution in [1.29, 1.82) is 0 Å². The Balaban J connectivity index is -0.000000135. The molecule has 0 spiro atoms. The Morgan fingerprint density at radius 3 is 0.923 bits per heavy atom. The van der Waals surface area contributed by atoms with Crippen LogP contribution in [0.4, 0.5) is 0 Å². The molecule has 0 heterocycles. The van der Waals surface area contributed by atoms with Crippen LogP contribution in [0.3, 0.4) is 0 Å². The Kier molecular flexibility index (Phi) is 46.7. The van der Waals surface area contributed by atoms with Gasteiger partial charge in [-0.05, 0) is 0 Å². The minimum Gasteiger partial charge on any atom is -0.0654 e. The second-order valence-electron chi connectivity index (χ2n) is 3.12. The van der Waals surface area contributed by atoms with E-state index in [0.717, 1.165) is 0 Å². The molecule has 3 radical (unpaired) electrons. The molecular formula is C10H22Na3. The zero-order valence-electron chi connectivity index (χ0n) is 10.7. The summed E-state index contributed by atoms with van der Waals surface area (Å²) in [6.07, 6.45) is 11.5. The van der Waals surface area contributed by atoms with Crippen molar-refractivity contribution in [2.45, 2.75) is 65.2 Å². The fourth-order valence-corrected chi connectivity index (χ4v) is 1.21. The number of hydrogen-bond donors (Lipinski definition) is 0. The van der Waals surface area contributed by atoms with Crippen molar-refractivity contribution >= 4 is 88.7 Å². The number of unbranched alkanes of at least 4 members (excludes halogenated alkanes) is 7. The molecule has 0 unspecified atom stereocenters. The average molecular weight is 211 g/mol. The SMILES string of the molecule is CCCCCCCCCC.[Na].[Na].[Na]. The predicted octanol–water partition coefficient (Wildman–Crippen LogP) is 3.00. The summed E-state index contributed by atoms with van der Waals surface area (Å²) in [4.78, 5) is 0. The van der Waals surface area contributed by atoms with Gasteiger partial charge >= 0.3 is 0 Å². The van der Waals surface area contributed by atoms with E-state index >= 15 is 0 Å². The molecule has 0 saturated carbocycles. The zero-order valence-corrected chi connectivity index (χ0v) is 16.7. The molecule has 0 aliphatic carbocycles. The topological polar surface area (TPSA) is 0 Å². The molecular weight excluding hydrogens is 189 g/mol. The molecule has 65 valence electrons. The summed E-state index contributed by atoms with van der Waals surface area (Å²) in [5.74, 6) is 0. The van der Waals surface area contributed by atoms with Gasteiger partial charge in [0.25, 0.3) is 0 Å². The van der Waals surface area contributed by atoms with Gasteiger partial charge in [-0.25, -0.2) is 0 Å². The monoisotopic (exact) mass is 211 g/mol. The molecule has 0 fully saturated rings. The first kappa shape index (κ1) is 25.0. The Morgan fingerprint density at radius 2 is 0.692 bits per heavy atom. The van der Waals surface area contributed by atoms with Crippen LogP contribution < -0.4 is 0 Å². The summed E-state index contributed by atoms with van der Waals surface area (Å²) < 4.78 is 0. The summed E-state index contributed by atoms with van der Waals surface area (Å²) in [7, 11) is 0. The number of rotatable bonds is 7. The van der Waals surface area contributed by atoms with Crippen LogP contribution in [-0.2, 0) is 0 Å². The van der Waals surface area contributed by atoms with Crippen molar-refractivity contribution < 1.29 is 0 Å². The van der Waals surface area contributed by atoms with Gasteiger partial charge in [0.15, 0.2) is 0 Å². The van der Waals surface area contributed by atoms with Crippen LogP contribution in [0.25, 0.3) is 0 Å². The van der Waals surface area contributed by atoms with Gasteiger partial charge in [-0.15, -0.1) is 0 Å². The van der Waals surface area contributed by atoms with Gasteiger partial charge in [-0.3, -0.25) is 0 Å². The van der Waals surface area contributed by atoms with Crippen LogP contribution in [-0.4, -0.2) is 88.7 Å². The first-order valence-corrected chi connectivity index (χ1v) is 4.91. The fraction of sp³-hybridized carbons (Fsp3) is 1.00. The van der Waals surface area contributed by atoms with E-state index in [1.807, 2.05) is 0 Å². The standard InChI is InChI=1S/C10H22.3Na/c1-3-5-7-9-10-8-6-4-2;;;/h3-10H2,1-2H3;;;. The van der Waals surface area contributed by atoms with E-state index in [4.69, 9.17) is 0 Å². The molecule has 0 rings (SSSR count). The zero-order chi connectivity index (χ0) is 7.66. The van der Waals surface area contributed by atoms with Gasteiger partial charge < -0.3 is 0 Å². The van der Waals surface area contributed by atoms with Gasteiger partial charge in [0.2, 0.25) is 0 Å². The summed E-state index contributed by atoms with van der Waals surface area (Å²) >= 11 is 0. The molecule has 0 aromatic rings. The van der Waals surface area contributed by atoms with Gasteiger partial charge in [0.05, 0.1) is 0 Å². The quantitative estimate of drug-likeness (QED) is 0.448. The van der Waals surface area contributed by atoms with E-state index in [-0.39, 0.29) is 88.7 Å². The molecule has 0 atom stereocenters. The van der Waals surface area contributed by atoms with Crippen molar-refractivity contribution in [2.24, 2.45) is 0 Å². The van der Waals surface area contributed by atoms with Crippen molar-refractivity contribution in [3.05, 3.63) is 0 Å². The molecule has 0 nitrogen and oxygen atoms in total. The normalized spacial score (nSPS) is 7.85. The molecule has 3 heteroatoms. The third-order valence-electron chi connectivity index (χ3n) is 1.96. The first-order valence-electron chi connectivity index (χ1n) is 4.91. The number of hydrogen-bond acceptors (Lipinski definition) is 0. The average Bonchev–Trinajstić information content (AvgIpc) is 1.97. The van der Waals surface area contributed by atoms with Gasteiger partial charge in [0, 0.05) is 88.7 Å². The largest absolute Gasteiger partial charge is 0.0654 e. The predicted molar refractivity (Wildman–Crippen MR) is 65.5 cm³/mol. The van der Waals surface area contributed by atoms with Crippen LogP contribution in [0.2, 0.25) is 0 Å². The van der Waals surface area contributed by atoms with Gasteiger partial charge in [-0.1, -0.05) is 65.2 Å². The molecule has 0 saturated heterocycles. The second kappa shape index (κ2) is 24.3. The molecule has 0 aromatic carbocycles. The fourth-order valence-electron chi connectivity index (χ4n) is 1.21. The van der Waals surface area contributed by atoms with Crippen molar-refractivity contribution in [3.8, 4) is 0 Å². The summed E-state index contributed by atoms with van der Waals surface area (Å²) in [6, 6.07) is 0. The maximum absolute atomic E-state index is 2.27. The van der Waals surface area contributed by atoms with Crippen molar-refractivity contribution in [3.63, 3.8) is 0 Å². The van der Waals surface area contributed by atoms with E-state index in [2.05, 4.69) is 13.8 Å². The van der Waals surface area contributed by atoms with Crippen molar-refractivity contribution in [2.75, 3.05) is 0 Å². The van der Waals surface area contributed by atoms with Crippen LogP contribution in [0.5, 0.6) is 0 Å². The molecule has 0 N–H and O–H groups in total. The second-order valence-corrected chi connectivity index (χ2v) is 3.12. The van der Waals surface area contributed by atoms with Crippen LogP contribution in [0.15, 0.2) is 0 Å². The molecule has 0 amide bonds. The van der Waals surface area contributed by atoms with E-state index in [1.54, 1.807) is 0 Å². The summed E-state index contributed by atoms with van der Waals surface area (Å²) in [6.45, 7) is 4.54. The molecule has 13 heavy (non-hydrogen) atoms. The molecule has 0 aliphatic heterocycles. The van der Waals surface area contributed by atoms with Gasteiger partial charge in [-0.2, -0.15) is 0 Å². The smallest absolute Gasteiger partial charge is 0 e. The molecule has 0 bridgehead atoms. The molecule has 0 aromatic heterocycles. The summed E-state index contributed by atoms with van der Waals surface area (Å²) in [5, 5.41) is 0. The first-order chi connectivity index (χ1) is 4.91. The van der Waals surface area contributed by atoms with Crippen molar-refractivity contribution in [1.82, 2.24) is 0 Å². The minimum absolute atomic E-state index is 0. The maximum atomic E-state index is 2.27. The van der Waals surface area contributed by atoms with Crippen LogP contribution in [0, 0.1) is 0 Å². The Labute approximate surface area is 151 Å². The third-order valence-corrected chi connectivity index (χ3v) is 1.96. The van der Waals surface area contributed by atoms with E-state index in [0.29, 0.717) is 0 Å². The summed E-state index contributed by atoms with van der Waals surface area (Å²) in [5.41, 5.74) is 0. The molecule has 0 aliphatic rings. The van der Waals surface area contributed by atoms with E-state index in [1.165, 1.54) is 51.4 Å². The Hall–Kier alpha value is 3.00. The van der Waals surface area contributed by atoms with E-state index < -0.39 is 0 Å². The maximum Gasteiger partial charge on any atom is 0 e. The van der Waals surface area contributed by atoms with Crippen LogP contribution >= 0.6 is 0 Å². The van der Waals surface area contributed by atoms with Crippen LogP contribution in [0.1, 0.15) is 65.2 Å². The Morgan fingerprint density at radius 1 is 0.462 bits per heavy atom. The van der Waals surface area contributed by atoms with Gasteiger partial charge in [0.1, 0.15) is 0 Å². The Bertz CT molecular complexity index is 50.1. The van der Waals surface area contributed by atoms with E-state index in [9.17, 15) is 0 Å². The minimum atomic E-state index is 0. The third kappa shape index (κ3) is 25.4.